The van der Waals surface area contributed by atoms with Crippen LogP contribution in [-0.2, 0) is 20.9 Å². The summed E-state index contributed by atoms with van der Waals surface area (Å²) in [5, 5.41) is 2.15. The maximum absolute atomic E-state index is 12.2. The molecule has 1 aromatic heterocycles. The van der Waals surface area contributed by atoms with Gasteiger partial charge in [-0.15, -0.1) is 0 Å². The lowest BCUT2D eigenvalue weighted by Gasteiger charge is -2.12. The number of fused-ring (bicyclic) bond motifs is 1. The quantitative estimate of drug-likeness (QED) is 0.732. The van der Waals surface area contributed by atoms with E-state index in [1.807, 2.05) is 0 Å². The predicted octanol–water partition coefficient (Wildman–Crippen LogP) is -0.477. The fourth-order valence-electron chi connectivity index (χ4n) is 1.87. The van der Waals surface area contributed by atoms with Gasteiger partial charge in [0.15, 0.2) is 6.10 Å². The lowest BCUT2D eigenvalue weighted by atomic mass is 10.2. The topological polar surface area (TPSA) is 133 Å². The summed E-state index contributed by atoms with van der Waals surface area (Å²) in [6.45, 7) is 0.864. The van der Waals surface area contributed by atoms with Crippen molar-refractivity contribution in [3.8, 4) is 0 Å². The zero-order valence-corrected chi connectivity index (χ0v) is 12.2. The van der Waals surface area contributed by atoms with Gasteiger partial charge in [-0.3, -0.25) is 24.3 Å². The number of rotatable bonds is 4. The first kappa shape index (κ1) is 16.1. The Kier molecular flexibility index (Phi) is 4.69. The number of urea groups is 1. The number of hydrogen-bond acceptors (Lipinski definition) is 6. The molecule has 0 aliphatic rings. The van der Waals surface area contributed by atoms with Gasteiger partial charge in [0.1, 0.15) is 6.54 Å². The molecule has 0 bridgehead atoms. The molecule has 0 aliphatic heterocycles. The number of nitrogens with one attached hydrogen (secondary N) is 1. The maximum atomic E-state index is 12.2. The number of nitrogens with two attached hydrogens (primary N) is 1. The van der Waals surface area contributed by atoms with Crippen LogP contribution in [0, 0.1) is 0 Å². The normalized spacial score (nSPS) is 11.7. The first-order chi connectivity index (χ1) is 10.9. The van der Waals surface area contributed by atoms with Crippen molar-refractivity contribution in [1.29, 1.82) is 0 Å². The number of amides is 3. The van der Waals surface area contributed by atoms with E-state index >= 15 is 0 Å². The lowest BCUT2D eigenvalue weighted by Crippen LogP contribution is -2.42. The molecule has 1 atom stereocenters. The van der Waals surface area contributed by atoms with Crippen molar-refractivity contribution in [3.05, 3.63) is 40.9 Å². The number of nitrogens with zero attached hydrogens (tertiary/aromatic N) is 2. The second kappa shape index (κ2) is 6.69. The molecular weight excluding hydrogens is 304 g/mol. The second-order valence-electron chi connectivity index (χ2n) is 4.68. The molecule has 3 amide bonds. The van der Waals surface area contributed by atoms with Crippen molar-refractivity contribution in [2.24, 2.45) is 5.73 Å². The van der Waals surface area contributed by atoms with E-state index in [1.165, 1.54) is 13.3 Å². The molecule has 2 rings (SSSR count). The van der Waals surface area contributed by atoms with Crippen LogP contribution in [0.25, 0.3) is 10.9 Å². The van der Waals surface area contributed by atoms with Crippen LogP contribution >= 0.6 is 0 Å². The maximum Gasteiger partial charge on any atom is 0.326 e. The third-order valence-electron chi connectivity index (χ3n) is 2.95. The molecule has 0 fully saturated rings. The average molecular weight is 318 g/mol. The zero-order chi connectivity index (χ0) is 17.0. The van der Waals surface area contributed by atoms with Gasteiger partial charge >= 0.3 is 12.0 Å². The second-order valence-corrected chi connectivity index (χ2v) is 4.68. The summed E-state index contributed by atoms with van der Waals surface area (Å²) >= 11 is 0. The number of aromatic nitrogens is 2. The lowest BCUT2D eigenvalue weighted by molar-refractivity contribution is -0.155. The minimum absolute atomic E-state index is 0.363. The number of hydrogen-bond donors (Lipinski definition) is 2. The molecule has 0 saturated heterocycles. The van der Waals surface area contributed by atoms with E-state index in [0.29, 0.717) is 10.9 Å². The number of carbonyl (C=O) groups is 3. The summed E-state index contributed by atoms with van der Waals surface area (Å²) in [5.74, 6) is -1.67. The first-order valence-corrected chi connectivity index (χ1v) is 6.62. The Morgan fingerprint density at radius 1 is 1.35 bits per heavy atom. The van der Waals surface area contributed by atoms with Crippen molar-refractivity contribution in [1.82, 2.24) is 14.9 Å². The highest BCUT2D eigenvalue weighted by Gasteiger charge is 2.19. The van der Waals surface area contributed by atoms with Crippen LogP contribution in [0.5, 0.6) is 0 Å². The van der Waals surface area contributed by atoms with Crippen LogP contribution in [-0.4, -0.2) is 33.6 Å². The molecule has 1 heterocycles. The largest absolute Gasteiger partial charge is 0.451 e. The Morgan fingerprint density at radius 3 is 2.74 bits per heavy atom. The highest BCUT2D eigenvalue weighted by Crippen LogP contribution is 2.04. The number of primary amides is 1. The molecule has 0 radical (unpaired) electrons. The molecule has 9 heteroatoms. The van der Waals surface area contributed by atoms with Crippen LogP contribution in [0.3, 0.4) is 0 Å². The van der Waals surface area contributed by atoms with E-state index < -0.39 is 36.1 Å². The van der Waals surface area contributed by atoms with Gasteiger partial charge in [-0.05, 0) is 19.1 Å². The Labute approximate surface area is 130 Å². The summed E-state index contributed by atoms with van der Waals surface area (Å²) in [7, 11) is 0. The minimum Gasteiger partial charge on any atom is -0.451 e. The van der Waals surface area contributed by atoms with E-state index in [1.54, 1.807) is 29.6 Å². The van der Waals surface area contributed by atoms with Crippen molar-refractivity contribution >= 4 is 28.8 Å². The van der Waals surface area contributed by atoms with Crippen LogP contribution in [0.1, 0.15) is 6.92 Å². The monoisotopic (exact) mass is 318 g/mol. The average Bonchev–Trinajstić information content (AvgIpc) is 2.49. The summed E-state index contributed by atoms with van der Waals surface area (Å²) in [6.07, 6.45) is -0.000744. The highest BCUT2D eigenvalue weighted by molar-refractivity contribution is 5.96. The first-order valence-electron chi connectivity index (χ1n) is 6.62. The van der Waals surface area contributed by atoms with E-state index in [2.05, 4.69) is 4.98 Å². The zero-order valence-electron chi connectivity index (χ0n) is 12.2. The molecule has 9 nitrogen and oxygen atoms in total. The van der Waals surface area contributed by atoms with Gasteiger partial charge < -0.3 is 10.5 Å². The van der Waals surface area contributed by atoms with Crippen molar-refractivity contribution in [3.63, 3.8) is 0 Å². The summed E-state index contributed by atoms with van der Waals surface area (Å²) in [6, 6.07) is 5.65. The molecule has 3 N–H and O–H groups in total. The molecule has 0 saturated carbocycles. The van der Waals surface area contributed by atoms with Gasteiger partial charge in [0, 0.05) is 0 Å². The van der Waals surface area contributed by atoms with Gasteiger partial charge in [-0.1, -0.05) is 12.1 Å². The van der Waals surface area contributed by atoms with E-state index in [0.717, 1.165) is 4.57 Å². The van der Waals surface area contributed by atoms with Crippen LogP contribution < -0.4 is 16.6 Å². The fourth-order valence-corrected chi connectivity index (χ4v) is 1.87. The third kappa shape index (κ3) is 3.90. The van der Waals surface area contributed by atoms with Crippen molar-refractivity contribution in [2.45, 2.75) is 19.6 Å². The highest BCUT2D eigenvalue weighted by atomic mass is 16.5. The molecular formula is C14H14N4O5. The van der Waals surface area contributed by atoms with Gasteiger partial charge in [-0.2, -0.15) is 0 Å². The van der Waals surface area contributed by atoms with Crippen LogP contribution in [0.4, 0.5) is 4.79 Å². The standard InChI is InChI=1S/C14H14N4O5/c1-8(12(20)17-14(15)22)23-11(19)6-18-7-16-10-5-3-2-4-9(10)13(18)21/h2-5,7-8H,6H2,1H3,(H3,15,17,20,22)/t8-/m0/s1. The van der Waals surface area contributed by atoms with Gasteiger partial charge in [0.2, 0.25) is 0 Å². The number of imide groups is 1. The Hall–Kier alpha value is -3.23. The molecule has 120 valence electrons. The third-order valence-corrected chi connectivity index (χ3v) is 2.95. The Morgan fingerprint density at radius 2 is 2.04 bits per heavy atom. The van der Waals surface area contributed by atoms with Crippen LogP contribution in [0.2, 0.25) is 0 Å². The van der Waals surface area contributed by atoms with Crippen molar-refractivity contribution in [2.75, 3.05) is 0 Å². The minimum atomic E-state index is -1.22. The Balaban J connectivity index is 2.09. The van der Waals surface area contributed by atoms with E-state index in [9.17, 15) is 19.2 Å². The van der Waals surface area contributed by atoms with E-state index in [4.69, 9.17) is 10.5 Å². The SMILES string of the molecule is C[C@H](OC(=O)Cn1cnc2ccccc2c1=O)C(=O)NC(N)=O. The van der Waals surface area contributed by atoms with E-state index in [-0.39, 0.29) is 0 Å². The predicted molar refractivity (Wildman–Crippen MR) is 79.3 cm³/mol. The van der Waals surface area contributed by atoms with Gasteiger partial charge in [0.25, 0.3) is 11.5 Å². The molecule has 0 spiro atoms. The number of para-hydroxylation sites is 1. The summed E-state index contributed by atoms with van der Waals surface area (Å²) < 4.78 is 5.91. The van der Waals surface area contributed by atoms with Gasteiger partial charge in [-0.25, -0.2) is 9.78 Å². The Bertz CT molecular complexity index is 829. The van der Waals surface area contributed by atoms with Crippen LogP contribution in [0.15, 0.2) is 35.4 Å². The number of benzene rings is 1. The number of esters is 1. The molecule has 0 aliphatic carbocycles. The smallest absolute Gasteiger partial charge is 0.326 e. The molecule has 0 unspecified atom stereocenters. The number of ether oxygens (including phenoxy) is 1. The fraction of sp³-hybridized carbons (Fsp3) is 0.214. The van der Waals surface area contributed by atoms with Gasteiger partial charge in [0.05, 0.1) is 17.2 Å². The number of carbonyl (C=O) groups excluding carboxylic acids is 3. The molecule has 2 aromatic rings. The van der Waals surface area contributed by atoms with Crippen molar-refractivity contribution < 1.29 is 19.1 Å². The molecule has 23 heavy (non-hydrogen) atoms. The molecule has 1 aromatic carbocycles. The summed E-state index contributed by atoms with van der Waals surface area (Å²) in [5.41, 5.74) is 4.90. The summed E-state index contributed by atoms with van der Waals surface area (Å²) in [4.78, 5) is 50.0.